The minimum atomic E-state index is -0.752. The van der Waals surface area contributed by atoms with Gasteiger partial charge in [0.25, 0.3) is 0 Å². The molecule has 1 heterocycles. The van der Waals surface area contributed by atoms with E-state index < -0.39 is 5.54 Å². The quantitative estimate of drug-likeness (QED) is 0.879. The van der Waals surface area contributed by atoms with E-state index >= 15 is 0 Å². The molecule has 1 aliphatic heterocycles. The first kappa shape index (κ1) is 16.0. The lowest BCUT2D eigenvalue weighted by atomic mass is 9.98. The molecule has 1 fully saturated rings. The Morgan fingerprint density at radius 1 is 1.40 bits per heavy atom. The summed E-state index contributed by atoms with van der Waals surface area (Å²) in [5.74, 6) is 0.372. The number of aliphatic imine (C=N–C) groups is 1. The topological polar surface area (TPSA) is 77.3 Å². The van der Waals surface area contributed by atoms with E-state index in [1.54, 1.807) is 6.92 Å². The van der Waals surface area contributed by atoms with E-state index in [0.29, 0.717) is 5.17 Å². The highest BCUT2D eigenvalue weighted by atomic mass is 32.2. The molecule has 0 spiro atoms. The lowest BCUT2D eigenvalue weighted by Crippen LogP contribution is -2.47. The maximum absolute atomic E-state index is 12.3. The van der Waals surface area contributed by atoms with Gasteiger partial charge in [-0.25, -0.2) is 4.99 Å². The second-order valence-corrected chi connectivity index (χ2v) is 7.61. The third kappa shape index (κ3) is 3.08. The Balaban J connectivity index is 1.46. The van der Waals surface area contributed by atoms with Crippen molar-refractivity contribution in [3.63, 3.8) is 0 Å². The van der Waals surface area contributed by atoms with Crippen LogP contribution in [0.5, 0.6) is 0 Å². The summed E-state index contributed by atoms with van der Waals surface area (Å²) in [6, 6.07) is 14.4. The van der Waals surface area contributed by atoms with E-state index in [-0.39, 0.29) is 17.6 Å². The van der Waals surface area contributed by atoms with Crippen molar-refractivity contribution in [3.8, 4) is 6.07 Å². The number of nitrogens with one attached hydrogen (secondary N) is 2. The normalized spacial score (nSPS) is 17.8. The van der Waals surface area contributed by atoms with Crippen LogP contribution in [0.4, 0.5) is 11.4 Å². The van der Waals surface area contributed by atoms with Crippen molar-refractivity contribution in [2.45, 2.75) is 25.3 Å². The predicted octanol–water partition coefficient (Wildman–Crippen LogP) is 3.79. The maximum Gasteiger partial charge on any atom is 0.231 e. The van der Waals surface area contributed by atoms with Gasteiger partial charge in [0.05, 0.1) is 23.2 Å². The van der Waals surface area contributed by atoms with Gasteiger partial charge in [0, 0.05) is 5.39 Å². The molecule has 126 valence electrons. The highest BCUT2D eigenvalue weighted by Crippen LogP contribution is 2.39. The third-order valence-electron chi connectivity index (χ3n) is 4.71. The Hall–Kier alpha value is -2.52. The van der Waals surface area contributed by atoms with Crippen LogP contribution in [0, 0.1) is 17.2 Å². The molecule has 5 nitrogen and oxygen atoms in total. The van der Waals surface area contributed by atoms with Gasteiger partial charge >= 0.3 is 0 Å². The van der Waals surface area contributed by atoms with Crippen LogP contribution in [-0.4, -0.2) is 22.4 Å². The van der Waals surface area contributed by atoms with Gasteiger partial charge in [0.15, 0.2) is 5.17 Å². The number of carbonyl (C=O) groups excluding carboxylic acids is 1. The molecule has 6 heteroatoms. The summed E-state index contributed by atoms with van der Waals surface area (Å²) in [5.41, 5.74) is 1.16. The van der Waals surface area contributed by atoms with E-state index in [2.05, 4.69) is 33.8 Å². The summed E-state index contributed by atoms with van der Waals surface area (Å²) in [6.45, 7) is 1.81. The van der Waals surface area contributed by atoms with Gasteiger partial charge in [-0.2, -0.15) is 5.26 Å². The summed E-state index contributed by atoms with van der Waals surface area (Å²) >= 11 is 1.35. The van der Waals surface area contributed by atoms with Crippen molar-refractivity contribution < 1.29 is 4.79 Å². The van der Waals surface area contributed by atoms with Gasteiger partial charge in [0.2, 0.25) is 5.91 Å². The summed E-state index contributed by atoms with van der Waals surface area (Å²) in [5, 5.41) is 18.5. The molecule has 0 aromatic heterocycles. The van der Waals surface area contributed by atoms with Crippen LogP contribution in [-0.2, 0) is 4.79 Å². The lowest BCUT2D eigenvalue weighted by Gasteiger charge is -2.23. The predicted molar refractivity (Wildman–Crippen MR) is 102 cm³/mol. The average molecular weight is 350 g/mol. The van der Waals surface area contributed by atoms with Crippen molar-refractivity contribution in [2.75, 3.05) is 11.1 Å². The number of thioether (sulfide) groups is 1. The van der Waals surface area contributed by atoms with Gasteiger partial charge in [-0.1, -0.05) is 36.0 Å². The molecule has 2 aromatic carbocycles. The number of amides is 1. The van der Waals surface area contributed by atoms with Crippen molar-refractivity contribution in [1.29, 1.82) is 5.26 Å². The summed E-state index contributed by atoms with van der Waals surface area (Å²) in [7, 11) is 0. The number of nitriles is 1. The fourth-order valence-electron chi connectivity index (χ4n) is 3.18. The minimum absolute atomic E-state index is 0.137. The zero-order valence-corrected chi connectivity index (χ0v) is 14.7. The molecule has 1 saturated carbocycles. The van der Waals surface area contributed by atoms with Gasteiger partial charge < -0.3 is 10.6 Å². The molecule has 1 amide bonds. The molecule has 2 N–H and O–H groups in total. The number of hydrogen-bond acceptors (Lipinski definition) is 5. The minimum Gasteiger partial charge on any atom is -0.337 e. The number of nitrogens with zero attached hydrogens (tertiary/aromatic N) is 2. The molecule has 0 bridgehead atoms. The maximum atomic E-state index is 12.3. The first-order valence-corrected chi connectivity index (χ1v) is 9.30. The molecule has 1 aliphatic carbocycles. The molecular weight excluding hydrogens is 332 g/mol. The zero-order chi connectivity index (χ0) is 17.4. The molecule has 2 aliphatic rings. The lowest BCUT2D eigenvalue weighted by molar-refractivity contribution is -0.119. The van der Waals surface area contributed by atoms with Crippen LogP contribution < -0.4 is 10.6 Å². The van der Waals surface area contributed by atoms with E-state index in [1.165, 1.54) is 11.8 Å². The number of benzene rings is 2. The Labute approximate surface area is 150 Å². The smallest absolute Gasteiger partial charge is 0.231 e. The van der Waals surface area contributed by atoms with Crippen molar-refractivity contribution in [2.24, 2.45) is 10.9 Å². The van der Waals surface area contributed by atoms with Crippen LogP contribution in [0.15, 0.2) is 41.4 Å². The summed E-state index contributed by atoms with van der Waals surface area (Å²) in [4.78, 5) is 16.9. The average Bonchev–Trinajstić information content (AvgIpc) is 3.46. The Morgan fingerprint density at radius 3 is 2.88 bits per heavy atom. The molecule has 25 heavy (non-hydrogen) atoms. The van der Waals surface area contributed by atoms with E-state index in [4.69, 9.17) is 0 Å². The Kier molecular flexibility index (Phi) is 3.89. The van der Waals surface area contributed by atoms with Crippen molar-refractivity contribution >= 4 is 45.0 Å². The standard InChI is InChI=1S/C19H18N4OS/c1-19(11-20,13-8-9-13)23-16(24)10-25-18-21-14-6-2-4-12-5-3-7-15(22-18)17(12)14/h2-7,13H,8-10H2,1H3,(H,21,22)(H,23,24)/t19-/m0/s1. The second-order valence-electron chi connectivity index (χ2n) is 6.65. The van der Waals surface area contributed by atoms with Gasteiger partial charge in [-0.3, -0.25) is 4.79 Å². The fraction of sp³-hybridized carbons (Fsp3) is 0.316. The largest absolute Gasteiger partial charge is 0.337 e. The molecule has 0 saturated heterocycles. The number of amidine groups is 1. The number of carbonyl (C=O) groups is 1. The Bertz CT molecular complexity index is 923. The van der Waals surface area contributed by atoms with Crippen molar-refractivity contribution in [3.05, 3.63) is 36.4 Å². The zero-order valence-electron chi connectivity index (χ0n) is 13.9. The number of anilines is 1. The van der Waals surface area contributed by atoms with Gasteiger partial charge in [-0.05, 0) is 43.2 Å². The highest BCUT2D eigenvalue weighted by molar-refractivity contribution is 8.14. The number of rotatable bonds is 4. The van der Waals surface area contributed by atoms with E-state index in [9.17, 15) is 10.1 Å². The molecule has 2 aromatic rings. The Morgan fingerprint density at radius 2 is 2.16 bits per heavy atom. The summed E-state index contributed by atoms with van der Waals surface area (Å²) in [6.07, 6.45) is 2.01. The fourth-order valence-corrected chi connectivity index (χ4v) is 3.87. The van der Waals surface area contributed by atoms with Gasteiger partial charge in [-0.15, -0.1) is 0 Å². The molecular formula is C19H18N4OS. The van der Waals surface area contributed by atoms with E-state index in [1.807, 2.05) is 24.3 Å². The number of hydrogen-bond donors (Lipinski definition) is 2. The van der Waals surface area contributed by atoms with Crippen LogP contribution in [0.3, 0.4) is 0 Å². The first-order valence-electron chi connectivity index (χ1n) is 8.31. The SMILES string of the molecule is C[C@@](C#N)(NC(=O)CSC1=Nc2cccc3cccc(c23)N1)C1CC1. The van der Waals surface area contributed by atoms with E-state index in [0.717, 1.165) is 35.0 Å². The molecule has 1 atom stereocenters. The monoisotopic (exact) mass is 350 g/mol. The molecule has 0 radical (unpaired) electrons. The highest BCUT2D eigenvalue weighted by Gasteiger charge is 2.42. The third-order valence-corrected chi connectivity index (χ3v) is 5.58. The second kappa shape index (κ2) is 6.08. The van der Waals surface area contributed by atoms with Crippen LogP contribution in [0.25, 0.3) is 10.8 Å². The molecule has 0 unspecified atom stereocenters. The first-order chi connectivity index (χ1) is 12.1. The van der Waals surface area contributed by atoms with Crippen LogP contribution in [0.1, 0.15) is 19.8 Å². The van der Waals surface area contributed by atoms with Gasteiger partial charge in [0.1, 0.15) is 5.54 Å². The van der Waals surface area contributed by atoms with Crippen molar-refractivity contribution in [1.82, 2.24) is 5.32 Å². The summed E-state index contributed by atoms with van der Waals surface area (Å²) < 4.78 is 0. The molecule has 4 rings (SSSR count). The van der Waals surface area contributed by atoms with Crippen LogP contribution >= 0.6 is 11.8 Å². The van der Waals surface area contributed by atoms with Crippen LogP contribution in [0.2, 0.25) is 0 Å².